The zero-order chi connectivity index (χ0) is 18.1. The van der Waals surface area contributed by atoms with E-state index in [4.69, 9.17) is 16.7 Å². The zero-order valence-electron chi connectivity index (χ0n) is 14.9. The van der Waals surface area contributed by atoms with Crippen LogP contribution in [0.1, 0.15) is 24.1 Å². The third-order valence-electron chi connectivity index (χ3n) is 5.26. The minimum Gasteiger partial charge on any atom is -0.302 e. The molecule has 2 heterocycles. The number of halogens is 1. The van der Waals surface area contributed by atoms with Gasteiger partial charge >= 0.3 is 0 Å². The standard InChI is InChI=1S/C21H22ClN3O/c1-24-11-5-8-17(24)14-25-21(26)19-10-3-2-9-18(19)20(23-25)13-15-6-4-7-16(22)12-15/h2-4,6-7,9-10,12,17H,5,8,11,13-14H2,1H3/t17-/m1/s1. The Labute approximate surface area is 158 Å². The maximum Gasteiger partial charge on any atom is 0.274 e. The van der Waals surface area contributed by atoms with Gasteiger partial charge in [-0.3, -0.25) is 4.79 Å². The molecule has 1 saturated heterocycles. The quantitative estimate of drug-likeness (QED) is 0.705. The fourth-order valence-corrected chi connectivity index (χ4v) is 4.02. The summed E-state index contributed by atoms with van der Waals surface area (Å²) in [6.45, 7) is 1.73. The van der Waals surface area contributed by atoms with Crippen LogP contribution in [0.3, 0.4) is 0 Å². The summed E-state index contributed by atoms with van der Waals surface area (Å²) in [5.74, 6) is 0. The first-order valence-corrected chi connectivity index (χ1v) is 9.43. The molecule has 1 atom stereocenters. The van der Waals surface area contributed by atoms with Gasteiger partial charge in [-0.05, 0) is 50.2 Å². The van der Waals surface area contributed by atoms with Crippen LogP contribution in [0.15, 0.2) is 53.3 Å². The number of fused-ring (bicyclic) bond motifs is 1. The van der Waals surface area contributed by atoms with Gasteiger partial charge in [0.05, 0.1) is 17.6 Å². The molecule has 0 bridgehead atoms. The summed E-state index contributed by atoms with van der Waals surface area (Å²) in [6, 6.07) is 15.9. The van der Waals surface area contributed by atoms with Gasteiger partial charge in [-0.25, -0.2) is 4.68 Å². The van der Waals surface area contributed by atoms with Crippen molar-refractivity contribution in [3.05, 3.63) is 75.2 Å². The third kappa shape index (κ3) is 3.39. The predicted molar refractivity (Wildman–Crippen MR) is 106 cm³/mol. The lowest BCUT2D eigenvalue weighted by Crippen LogP contribution is -2.35. The van der Waals surface area contributed by atoms with Crippen LogP contribution in [-0.4, -0.2) is 34.3 Å². The lowest BCUT2D eigenvalue weighted by molar-refractivity contribution is 0.270. The number of hydrogen-bond acceptors (Lipinski definition) is 3. The third-order valence-corrected chi connectivity index (χ3v) is 5.50. The Morgan fingerprint density at radius 1 is 1.15 bits per heavy atom. The summed E-state index contributed by atoms with van der Waals surface area (Å²) < 4.78 is 1.66. The first kappa shape index (κ1) is 17.3. The molecule has 3 aromatic rings. The molecular weight excluding hydrogens is 346 g/mol. The molecule has 4 rings (SSSR count). The van der Waals surface area contributed by atoms with Gasteiger partial charge in [0.1, 0.15) is 0 Å². The van der Waals surface area contributed by atoms with Crippen molar-refractivity contribution in [1.82, 2.24) is 14.7 Å². The normalized spacial score (nSPS) is 17.8. The van der Waals surface area contributed by atoms with Crippen LogP contribution in [0.4, 0.5) is 0 Å². The molecule has 1 fully saturated rings. The van der Waals surface area contributed by atoms with Crippen molar-refractivity contribution in [3.63, 3.8) is 0 Å². The van der Waals surface area contributed by atoms with Gasteiger partial charge in [-0.2, -0.15) is 5.10 Å². The lowest BCUT2D eigenvalue weighted by atomic mass is 10.0. The molecular formula is C21H22ClN3O. The molecule has 0 amide bonds. The number of aromatic nitrogens is 2. The van der Waals surface area contributed by atoms with Gasteiger partial charge in [0.25, 0.3) is 5.56 Å². The minimum atomic E-state index is -0.00394. The van der Waals surface area contributed by atoms with Gasteiger partial charge in [-0.1, -0.05) is 41.9 Å². The number of likely N-dealkylation sites (N-methyl/N-ethyl adjacent to an activating group) is 1. The molecule has 0 aliphatic carbocycles. The van der Waals surface area contributed by atoms with Crippen LogP contribution < -0.4 is 5.56 Å². The smallest absolute Gasteiger partial charge is 0.274 e. The van der Waals surface area contributed by atoms with E-state index in [2.05, 4.69) is 11.9 Å². The highest BCUT2D eigenvalue weighted by Crippen LogP contribution is 2.20. The van der Waals surface area contributed by atoms with E-state index in [1.807, 2.05) is 48.5 Å². The number of rotatable bonds is 4. The van der Waals surface area contributed by atoms with Gasteiger partial charge in [0.15, 0.2) is 0 Å². The van der Waals surface area contributed by atoms with Crippen molar-refractivity contribution < 1.29 is 0 Å². The first-order valence-electron chi connectivity index (χ1n) is 9.05. The molecule has 2 aromatic carbocycles. The second-order valence-corrected chi connectivity index (χ2v) is 7.50. The molecule has 0 N–H and O–H groups in total. The summed E-state index contributed by atoms with van der Waals surface area (Å²) in [5, 5.41) is 7.13. The Balaban J connectivity index is 1.78. The largest absolute Gasteiger partial charge is 0.302 e. The summed E-state index contributed by atoms with van der Waals surface area (Å²) in [4.78, 5) is 15.3. The average Bonchev–Trinajstić information content (AvgIpc) is 3.04. The molecule has 1 aromatic heterocycles. The maximum absolute atomic E-state index is 12.9. The molecule has 26 heavy (non-hydrogen) atoms. The molecule has 1 aliphatic heterocycles. The molecule has 0 unspecified atom stereocenters. The maximum atomic E-state index is 12.9. The van der Waals surface area contributed by atoms with E-state index in [9.17, 15) is 4.79 Å². The summed E-state index contributed by atoms with van der Waals surface area (Å²) >= 11 is 6.13. The zero-order valence-corrected chi connectivity index (χ0v) is 15.6. The number of nitrogens with zero attached hydrogens (tertiary/aromatic N) is 3. The van der Waals surface area contributed by atoms with Crippen molar-refractivity contribution >= 4 is 22.4 Å². The highest BCUT2D eigenvalue weighted by molar-refractivity contribution is 6.30. The molecule has 1 aliphatic rings. The van der Waals surface area contributed by atoms with E-state index >= 15 is 0 Å². The Bertz CT molecular complexity index is 998. The van der Waals surface area contributed by atoms with Gasteiger partial charge < -0.3 is 4.90 Å². The van der Waals surface area contributed by atoms with E-state index < -0.39 is 0 Å². The minimum absolute atomic E-state index is 0.00394. The van der Waals surface area contributed by atoms with E-state index in [1.54, 1.807) is 4.68 Å². The Kier molecular flexibility index (Phi) is 4.79. The van der Waals surface area contributed by atoms with Crippen molar-refractivity contribution in [3.8, 4) is 0 Å². The monoisotopic (exact) mass is 367 g/mol. The van der Waals surface area contributed by atoms with Crippen LogP contribution in [0.2, 0.25) is 5.02 Å². The SMILES string of the molecule is CN1CCC[C@@H]1Cn1nc(Cc2cccc(Cl)c2)c2ccccc2c1=O. The Hall–Kier alpha value is -2.17. The lowest BCUT2D eigenvalue weighted by Gasteiger charge is -2.20. The second kappa shape index (κ2) is 7.22. The van der Waals surface area contributed by atoms with E-state index in [0.29, 0.717) is 24.0 Å². The molecule has 0 radical (unpaired) electrons. The van der Waals surface area contributed by atoms with Crippen LogP contribution in [0.25, 0.3) is 10.8 Å². The number of benzene rings is 2. The fourth-order valence-electron chi connectivity index (χ4n) is 3.81. The van der Waals surface area contributed by atoms with E-state index in [1.165, 1.54) is 6.42 Å². The van der Waals surface area contributed by atoms with Crippen molar-refractivity contribution in [2.45, 2.75) is 31.8 Å². The highest BCUT2D eigenvalue weighted by atomic mass is 35.5. The Morgan fingerprint density at radius 2 is 1.96 bits per heavy atom. The molecule has 0 spiro atoms. The summed E-state index contributed by atoms with van der Waals surface area (Å²) in [5.41, 5.74) is 2.01. The average molecular weight is 368 g/mol. The van der Waals surface area contributed by atoms with Gasteiger partial charge in [0, 0.05) is 22.9 Å². The Morgan fingerprint density at radius 3 is 2.69 bits per heavy atom. The topological polar surface area (TPSA) is 38.1 Å². The first-order chi connectivity index (χ1) is 12.6. The van der Waals surface area contributed by atoms with Crippen molar-refractivity contribution in [2.75, 3.05) is 13.6 Å². The molecule has 4 nitrogen and oxygen atoms in total. The van der Waals surface area contributed by atoms with Crippen LogP contribution in [0.5, 0.6) is 0 Å². The number of hydrogen-bond donors (Lipinski definition) is 0. The molecule has 5 heteroatoms. The van der Waals surface area contributed by atoms with Gasteiger partial charge in [-0.15, -0.1) is 0 Å². The van der Waals surface area contributed by atoms with Crippen LogP contribution in [0, 0.1) is 0 Å². The summed E-state index contributed by atoms with van der Waals surface area (Å²) in [7, 11) is 2.12. The van der Waals surface area contributed by atoms with E-state index in [0.717, 1.165) is 35.0 Å². The van der Waals surface area contributed by atoms with Crippen LogP contribution >= 0.6 is 11.6 Å². The highest BCUT2D eigenvalue weighted by Gasteiger charge is 2.23. The van der Waals surface area contributed by atoms with Crippen molar-refractivity contribution in [1.29, 1.82) is 0 Å². The predicted octanol–water partition coefficient (Wildman–Crippen LogP) is 3.73. The number of likely N-dealkylation sites (tertiary alicyclic amines) is 1. The van der Waals surface area contributed by atoms with Gasteiger partial charge in [0.2, 0.25) is 0 Å². The fraction of sp³-hybridized carbons (Fsp3) is 0.333. The molecule has 0 saturated carbocycles. The second-order valence-electron chi connectivity index (χ2n) is 7.06. The van der Waals surface area contributed by atoms with E-state index in [-0.39, 0.29) is 5.56 Å². The molecule has 134 valence electrons. The van der Waals surface area contributed by atoms with Crippen molar-refractivity contribution in [2.24, 2.45) is 0 Å². The van der Waals surface area contributed by atoms with Crippen LogP contribution in [-0.2, 0) is 13.0 Å². The summed E-state index contributed by atoms with van der Waals surface area (Å²) in [6.07, 6.45) is 2.95.